The molecule has 3 nitrogen and oxygen atoms in total. The largest absolute Gasteiger partial charge is 0.467 e. The number of anilines is 1. The van der Waals surface area contributed by atoms with Gasteiger partial charge >= 0.3 is 5.97 Å². The van der Waals surface area contributed by atoms with Crippen molar-refractivity contribution in [1.82, 2.24) is 0 Å². The van der Waals surface area contributed by atoms with Crippen molar-refractivity contribution < 1.29 is 9.53 Å². The zero-order valence-corrected chi connectivity index (χ0v) is 13.4. The first-order chi connectivity index (χ1) is 10.1. The molecule has 1 N–H and O–H groups in total. The number of carbonyl (C=O) groups excluding carboxylic acids is 1. The molecule has 0 unspecified atom stereocenters. The second-order valence-electron chi connectivity index (χ2n) is 5.52. The molecule has 0 aliphatic heterocycles. The van der Waals surface area contributed by atoms with Crippen molar-refractivity contribution in [2.75, 3.05) is 12.4 Å². The van der Waals surface area contributed by atoms with Crippen molar-refractivity contribution >= 4 is 11.7 Å². The van der Waals surface area contributed by atoms with E-state index >= 15 is 0 Å². The molecule has 116 valence electrons. The van der Waals surface area contributed by atoms with Crippen LogP contribution in [-0.4, -0.2) is 19.1 Å². The fraction of sp³-hybridized carbons (Fsp3) is 0.500. The Hall–Kier alpha value is -1.77. The number of esters is 1. The van der Waals surface area contributed by atoms with Gasteiger partial charge in [0.1, 0.15) is 6.04 Å². The first-order valence-corrected chi connectivity index (χ1v) is 7.60. The lowest BCUT2D eigenvalue weighted by molar-refractivity contribution is -0.141. The van der Waals surface area contributed by atoms with Gasteiger partial charge in [0.25, 0.3) is 0 Å². The summed E-state index contributed by atoms with van der Waals surface area (Å²) < 4.78 is 4.91. The van der Waals surface area contributed by atoms with Gasteiger partial charge in [0, 0.05) is 5.69 Å². The summed E-state index contributed by atoms with van der Waals surface area (Å²) in [6, 6.07) is 5.95. The minimum Gasteiger partial charge on any atom is -0.467 e. The van der Waals surface area contributed by atoms with Crippen LogP contribution in [0.5, 0.6) is 0 Å². The molecule has 3 heteroatoms. The van der Waals surface area contributed by atoms with Crippen LogP contribution in [0.15, 0.2) is 30.9 Å². The summed E-state index contributed by atoms with van der Waals surface area (Å²) in [5, 5.41) is 3.31. The van der Waals surface area contributed by atoms with E-state index in [0.29, 0.717) is 0 Å². The SMILES string of the molecule is C=CCCCCC[C@H](Nc1cc(C)cc(C)c1)C(=O)OC. The van der Waals surface area contributed by atoms with Crippen molar-refractivity contribution in [3.8, 4) is 0 Å². The summed E-state index contributed by atoms with van der Waals surface area (Å²) in [5.41, 5.74) is 3.35. The van der Waals surface area contributed by atoms with Gasteiger partial charge in [-0.2, -0.15) is 0 Å². The van der Waals surface area contributed by atoms with Crippen molar-refractivity contribution in [2.45, 2.75) is 52.0 Å². The maximum Gasteiger partial charge on any atom is 0.328 e. The van der Waals surface area contributed by atoms with E-state index in [1.165, 1.54) is 18.2 Å². The molecule has 0 fully saturated rings. The van der Waals surface area contributed by atoms with Crippen LogP contribution in [0.4, 0.5) is 5.69 Å². The van der Waals surface area contributed by atoms with Gasteiger partial charge in [-0.05, 0) is 56.4 Å². The highest BCUT2D eigenvalue weighted by Gasteiger charge is 2.18. The average molecular weight is 289 g/mol. The molecule has 0 spiro atoms. The first-order valence-electron chi connectivity index (χ1n) is 7.60. The summed E-state index contributed by atoms with van der Waals surface area (Å²) in [6.07, 6.45) is 7.00. The number of methoxy groups -OCH3 is 1. The lowest BCUT2D eigenvalue weighted by atomic mass is 10.1. The van der Waals surface area contributed by atoms with Crippen LogP contribution in [-0.2, 0) is 9.53 Å². The summed E-state index contributed by atoms with van der Waals surface area (Å²) >= 11 is 0. The van der Waals surface area contributed by atoms with Gasteiger partial charge in [-0.3, -0.25) is 0 Å². The molecule has 0 aliphatic rings. The standard InChI is InChI=1S/C18H27NO2/c1-5-6-7-8-9-10-17(18(20)21-4)19-16-12-14(2)11-15(3)13-16/h5,11-13,17,19H,1,6-10H2,2-4H3/t17-/m0/s1. The van der Waals surface area contributed by atoms with Gasteiger partial charge in [0.2, 0.25) is 0 Å². The number of hydrogen-bond acceptors (Lipinski definition) is 3. The summed E-state index contributed by atoms with van der Waals surface area (Å²) in [5.74, 6) is -0.196. The summed E-state index contributed by atoms with van der Waals surface area (Å²) in [4.78, 5) is 11.9. The van der Waals surface area contributed by atoms with E-state index in [2.05, 4.69) is 43.9 Å². The highest BCUT2D eigenvalue weighted by molar-refractivity contribution is 5.79. The number of unbranched alkanes of at least 4 members (excludes halogenated alkanes) is 3. The molecule has 0 saturated carbocycles. The number of carbonyl (C=O) groups is 1. The number of aryl methyl sites for hydroxylation is 2. The Morgan fingerprint density at radius 2 is 1.90 bits per heavy atom. The fourth-order valence-corrected chi connectivity index (χ4v) is 2.46. The van der Waals surface area contributed by atoms with E-state index < -0.39 is 0 Å². The van der Waals surface area contributed by atoms with E-state index in [1.54, 1.807) is 0 Å². The quantitative estimate of drug-likeness (QED) is 0.416. The lowest BCUT2D eigenvalue weighted by Gasteiger charge is -2.18. The highest BCUT2D eigenvalue weighted by Crippen LogP contribution is 2.17. The van der Waals surface area contributed by atoms with Crippen LogP contribution in [0.3, 0.4) is 0 Å². The van der Waals surface area contributed by atoms with Gasteiger partial charge in [-0.1, -0.05) is 25.0 Å². The smallest absolute Gasteiger partial charge is 0.328 e. The van der Waals surface area contributed by atoms with Gasteiger partial charge in [0.15, 0.2) is 0 Å². The molecule has 0 amide bonds. The van der Waals surface area contributed by atoms with E-state index in [1.807, 2.05) is 6.08 Å². The Labute approximate surface area is 128 Å². The first kappa shape index (κ1) is 17.3. The number of nitrogens with one attached hydrogen (secondary N) is 1. The minimum atomic E-state index is -0.278. The van der Waals surface area contributed by atoms with Gasteiger partial charge in [0.05, 0.1) is 7.11 Å². The Morgan fingerprint density at radius 1 is 1.24 bits per heavy atom. The van der Waals surface area contributed by atoms with Crippen molar-refractivity contribution in [2.24, 2.45) is 0 Å². The lowest BCUT2D eigenvalue weighted by Crippen LogP contribution is -2.30. The fourth-order valence-electron chi connectivity index (χ4n) is 2.46. The van der Waals surface area contributed by atoms with E-state index in [4.69, 9.17) is 4.74 Å². The Balaban J connectivity index is 2.60. The summed E-state index contributed by atoms with van der Waals surface area (Å²) in [6.45, 7) is 7.83. The van der Waals surface area contributed by atoms with Gasteiger partial charge in [-0.25, -0.2) is 4.79 Å². The van der Waals surface area contributed by atoms with E-state index in [-0.39, 0.29) is 12.0 Å². The third kappa shape index (κ3) is 6.48. The zero-order chi connectivity index (χ0) is 15.7. The Morgan fingerprint density at radius 3 is 2.48 bits per heavy atom. The van der Waals surface area contributed by atoms with Gasteiger partial charge < -0.3 is 10.1 Å². The second kappa shape index (κ2) is 9.22. The second-order valence-corrected chi connectivity index (χ2v) is 5.52. The van der Waals surface area contributed by atoms with E-state index in [0.717, 1.165) is 37.8 Å². The van der Waals surface area contributed by atoms with Gasteiger partial charge in [-0.15, -0.1) is 6.58 Å². The van der Waals surface area contributed by atoms with Crippen LogP contribution < -0.4 is 5.32 Å². The van der Waals surface area contributed by atoms with Crippen molar-refractivity contribution in [1.29, 1.82) is 0 Å². The predicted octanol–water partition coefficient (Wildman–Crippen LogP) is 4.39. The highest BCUT2D eigenvalue weighted by atomic mass is 16.5. The molecule has 0 aliphatic carbocycles. The third-order valence-electron chi connectivity index (χ3n) is 3.45. The number of rotatable bonds is 9. The van der Waals surface area contributed by atoms with E-state index in [9.17, 15) is 4.79 Å². The average Bonchev–Trinajstić information content (AvgIpc) is 2.44. The number of benzene rings is 1. The molecule has 1 atom stereocenters. The van der Waals surface area contributed by atoms with Crippen molar-refractivity contribution in [3.63, 3.8) is 0 Å². The maximum atomic E-state index is 11.9. The molecule has 1 aromatic rings. The minimum absolute atomic E-state index is 0.196. The van der Waals surface area contributed by atoms with Crippen LogP contribution in [0, 0.1) is 13.8 Å². The molecule has 0 heterocycles. The Kier molecular flexibility index (Phi) is 7.59. The van der Waals surface area contributed by atoms with Crippen molar-refractivity contribution in [3.05, 3.63) is 42.0 Å². The molecule has 0 radical (unpaired) electrons. The molecule has 0 saturated heterocycles. The molecule has 1 rings (SSSR count). The molecule has 1 aromatic carbocycles. The Bertz CT molecular complexity index is 448. The molecule has 0 aromatic heterocycles. The normalized spacial score (nSPS) is 11.8. The monoisotopic (exact) mass is 289 g/mol. The predicted molar refractivity (Wildman–Crippen MR) is 88.6 cm³/mol. The molecule has 21 heavy (non-hydrogen) atoms. The third-order valence-corrected chi connectivity index (χ3v) is 3.45. The number of ether oxygens (including phenoxy) is 1. The van der Waals surface area contributed by atoms with Crippen LogP contribution in [0.1, 0.15) is 43.2 Å². The van der Waals surface area contributed by atoms with Crippen LogP contribution >= 0.6 is 0 Å². The van der Waals surface area contributed by atoms with Crippen LogP contribution in [0.2, 0.25) is 0 Å². The number of hydrogen-bond donors (Lipinski definition) is 1. The maximum absolute atomic E-state index is 11.9. The topological polar surface area (TPSA) is 38.3 Å². The molecular formula is C18H27NO2. The molecular weight excluding hydrogens is 262 g/mol. The molecule has 0 bridgehead atoms. The summed E-state index contributed by atoms with van der Waals surface area (Å²) in [7, 11) is 1.44. The number of allylic oxidation sites excluding steroid dienone is 1. The zero-order valence-electron chi connectivity index (χ0n) is 13.4. The van der Waals surface area contributed by atoms with Crippen LogP contribution in [0.25, 0.3) is 0 Å².